The summed E-state index contributed by atoms with van der Waals surface area (Å²) in [6.07, 6.45) is 0.793. The van der Waals surface area contributed by atoms with Crippen LogP contribution in [0.15, 0.2) is 24.3 Å². The molecule has 0 radical (unpaired) electrons. The molecule has 0 aromatic heterocycles. The third-order valence-electron chi connectivity index (χ3n) is 2.34. The van der Waals surface area contributed by atoms with Crippen LogP contribution in [0.4, 0.5) is 0 Å². The van der Waals surface area contributed by atoms with Gasteiger partial charge in [0.05, 0.1) is 6.54 Å². The van der Waals surface area contributed by atoms with Gasteiger partial charge in [0.2, 0.25) is 0 Å². The molecule has 0 fully saturated rings. The largest absolute Gasteiger partial charge is 0.320 e. The second-order valence-electron chi connectivity index (χ2n) is 4.68. The van der Waals surface area contributed by atoms with Gasteiger partial charge in [-0.2, -0.15) is 0 Å². The van der Waals surface area contributed by atoms with E-state index in [-0.39, 0.29) is 5.41 Å². The maximum absolute atomic E-state index is 5.30. The molecule has 15 heavy (non-hydrogen) atoms. The molecule has 1 nitrogen and oxygen atoms in total. The van der Waals surface area contributed by atoms with E-state index in [0.29, 0.717) is 6.54 Å². The standard InChI is InChI=1S/C14H19N/c1-14(2,3)13-9-7-12(8-10-13)6-4-5-11-15/h7-10H,6,11,15H2,1-3H3. The molecule has 0 heterocycles. The van der Waals surface area contributed by atoms with E-state index in [1.165, 1.54) is 11.1 Å². The van der Waals surface area contributed by atoms with Crippen molar-refractivity contribution >= 4 is 0 Å². The Labute approximate surface area is 92.7 Å². The fraction of sp³-hybridized carbons (Fsp3) is 0.429. The summed E-state index contributed by atoms with van der Waals surface area (Å²) in [4.78, 5) is 0. The molecule has 1 rings (SSSR count). The molecule has 80 valence electrons. The van der Waals surface area contributed by atoms with Crippen LogP contribution < -0.4 is 5.73 Å². The highest BCUT2D eigenvalue weighted by molar-refractivity contribution is 5.29. The fourth-order valence-corrected chi connectivity index (χ4v) is 1.36. The average Bonchev–Trinajstić information content (AvgIpc) is 2.18. The van der Waals surface area contributed by atoms with Crippen molar-refractivity contribution in [1.29, 1.82) is 0 Å². The van der Waals surface area contributed by atoms with Gasteiger partial charge < -0.3 is 5.73 Å². The van der Waals surface area contributed by atoms with Crippen molar-refractivity contribution in [3.05, 3.63) is 35.4 Å². The van der Waals surface area contributed by atoms with Gasteiger partial charge in [-0.3, -0.25) is 0 Å². The molecule has 1 aromatic carbocycles. The van der Waals surface area contributed by atoms with Crippen LogP contribution >= 0.6 is 0 Å². The zero-order valence-corrected chi connectivity index (χ0v) is 9.80. The summed E-state index contributed by atoms with van der Waals surface area (Å²) in [6.45, 7) is 7.10. The second kappa shape index (κ2) is 5.00. The van der Waals surface area contributed by atoms with Gasteiger partial charge in [-0.25, -0.2) is 0 Å². The quantitative estimate of drug-likeness (QED) is 0.694. The van der Waals surface area contributed by atoms with Crippen LogP contribution in [0.3, 0.4) is 0 Å². The van der Waals surface area contributed by atoms with Crippen LogP contribution in [0.2, 0.25) is 0 Å². The highest BCUT2D eigenvalue weighted by atomic mass is 14.5. The van der Waals surface area contributed by atoms with Gasteiger partial charge in [-0.05, 0) is 16.5 Å². The van der Waals surface area contributed by atoms with Gasteiger partial charge in [0.15, 0.2) is 0 Å². The van der Waals surface area contributed by atoms with Crippen LogP contribution in [-0.2, 0) is 11.8 Å². The number of nitrogens with two attached hydrogens (primary N) is 1. The van der Waals surface area contributed by atoms with Gasteiger partial charge in [-0.1, -0.05) is 56.9 Å². The molecular weight excluding hydrogens is 182 g/mol. The minimum Gasteiger partial charge on any atom is -0.320 e. The van der Waals surface area contributed by atoms with Crippen LogP contribution in [-0.4, -0.2) is 6.54 Å². The van der Waals surface area contributed by atoms with Crippen LogP contribution in [0.1, 0.15) is 31.9 Å². The monoisotopic (exact) mass is 201 g/mol. The maximum atomic E-state index is 5.30. The molecule has 1 aromatic rings. The summed E-state index contributed by atoms with van der Waals surface area (Å²) in [6, 6.07) is 8.65. The van der Waals surface area contributed by atoms with E-state index in [1.807, 2.05) is 0 Å². The van der Waals surface area contributed by atoms with Gasteiger partial charge in [0, 0.05) is 6.42 Å². The number of benzene rings is 1. The third kappa shape index (κ3) is 3.77. The summed E-state index contributed by atoms with van der Waals surface area (Å²) in [5.41, 5.74) is 8.14. The predicted octanol–water partition coefficient (Wildman–Crippen LogP) is 2.49. The first-order valence-electron chi connectivity index (χ1n) is 5.29. The van der Waals surface area contributed by atoms with Crippen molar-refractivity contribution in [1.82, 2.24) is 0 Å². The summed E-state index contributed by atoms with van der Waals surface area (Å²) in [5, 5.41) is 0. The van der Waals surface area contributed by atoms with Gasteiger partial charge >= 0.3 is 0 Å². The Balaban J connectivity index is 2.73. The molecule has 0 aliphatic heterocycles. The molecule has 0 aliphatic carbocycles. The normalized spacial score (nSPS) is 10.7. The Morgan fingerprint density at radius 3 is 2.13 bits per heavy atom. The van der Waals surface area contributed by atoms with Crippen molar-refractivity contribution in [2.45, 2.75) is 32.6 Å². The zero-order valence-electron chi connectivity index (χ0n) is 9.80. The Hall–Kier alpha value is -1.26. The SMILES string of the molecule is CC(C)(C)c1ccc(CC#CCN)cc1. The molecule has 0 spiro atoms. The smallest absolute Gasteiger partial charge is 0.0551 e. The second-order valence-corrected chi connectivity index (χ2v) is 4.68. The van der Waals surface area contributed by atoms with Crippen molar-refractivity contribution in [2.24, 2.45) is 5.73 Å². The molecule has 0 saturated heterocycles. The summed E-state index contributed by atoms with van der Waals surface area (Å²) in [7, 11) is 0. The van der Waals surface area contributed by atoms with Crippen molar-refractivity contribution in [3.63, 3.8) is 0 Å². The number of hydrogen-bond acceptors (Lipinski definition) is 1. The van der Waals surface area contributed by atoms with E-state index < -0.39 is 0 Å². The Morgan fingerprint density at radius 2 is 1.67 bits per heavy atom. The molecular formula is C14H19N. The Kier molecular flexibility index (Phi) is 3.94. The molecule has 0 aliphatic rings. The first-order chi connectivity index (χ1) is 7.04. The minimum atomic E-state index is 0.224. The first-order valence-corrected chi connectivity index (χ1v) is 5.29. The average molecular weight is 201 g/mol. The lowest BCUT2D eigenvalue weighted by atomic mass is 9.86. The Morgan fingerprint density at radius 1 is 1.07 bits per heavy atom. The molecule has 0 saturated carbocycles. The number of rotatable bonds is 1. The van der Waals surface area contributed by atoms with Gasteiger partial charge in [0.25, 0.3) is 0 Å². The Bertz CT molecular complexity index is 357. The molecule has 0 unspecified atom stereocenters. The predicted molar refractivity (Wildman–Crippen MR) is 65.7 cm³/mol. The third-order valence-corrected chi connectivity index (χ3v) is 2.34. The van der Waals surface area contributed by atoms with Crippen molar-refractivity contribution in [2.75, 3.05) is 6.54 Å². The summed E-state index contributed by atoms with van der Waals surface area (Å²) >= 11 is 0. The maximum Gasteiger partial charge on any atom is 0.0551 e. The van der Waals surface area contributed by atoms with E-state index in [2.05, 4.69) is 56.9 Å². The van der Waals surface area contributed by atoms with Crippen molar-refractivity contribution in [3.8, 4) is 11.8 Å². The van der Waals surface area contributed by atoms with E-state index in [0.717, 1.165) is 6.42 Å². The van der Waals surface area contributed by atoms with Crippen LogP contribution in [0.25, 0.3) is 0 Å². The van der Waals surface area contributed by atoms with Gasteiger partial charge in [0.1, 0.15) is 0 Å². The van der Waals surface area contributed by atoms with E-state index >= 15 is 0 Å². The number of hydrogen-bond donors (Lipinski definition) is 1. The highest BCUT2D eigenvalue weighted by Gasteiger charge is 2.12. The lowest BCUT2D eigenvalue weighted by Gasteiger charge is -2.18. The molecule has 0 bridgehead atoms. The first kappa shape index (κ1) is 11.8. The lowest BCUT2D eigenvalue weighted by molar-refractivity contribution is 0.590. The highest BCUT2D eigenvalue weighted by Crippen LogP contribution is 2.22. The van der Waals surface area contributed by atoms with Gasteiger partial charge in [-0.15, -0.1) is 0 Å². The lowest BCUT2D eigenvalue weighted by Crippen LogP contribution is -2.10. The van der Waals surface area contributed by atoms with Crippen LogP contribution in [0, 0.1) is 11.8 Å². The van der Waals surface area contributed by atoms with Crippen LogP contribution in [0.5, 0.6) is 0 Å². The zero-order chi connectivity index (χ0) is 11.3. The molecule has 0 amide bonds. The summed E-state index contributed by atoms with van der Waals surface area (Å²) in [5.74, 6) is 5.90. The van der Waals surface area contributed by atoms with Crippen molar-refractivity contribution < 1.29 is 0 Å². The topological polar surface area (TPSA) is 26.0 Å². The van der Waals surface area contributed by atoms with E-state index in [9.17, 15) is 0 Å². The van der Waals surface area contributed by atoms with E-state index in [4.69, 9.17) is 5.73 Å². The fourth-order valence-electron chi connectivity index (χ4n) is 1.36. The molecule has 1 heteroatoms. The molecule has 2 N–H and O–H groups in total. The minimum absolute atomic E-state index is 0.224. The van der Waals surface area contributed by atoms with E-state index in [1.54, 1.807) is 0 Å². The summed E-state index contributed by atoms with van der Waals surface area (Å²) < 4.78 is 0. The molecule has 0 atom stereocenters.